The molecule has 0 bridgehead atoms. The van der Waals surface area contributed by atoms with Gasteiger partial charge in [0.25, 0.3) is 5.88 Å². The molecule has 1 aromatic heterocycles. The maximum absolute atomic E-state index is 12.8. The summed E-state index contributed by atoms with van der Waals surface area (Å²) in [5.74, 6) is -2.03. The van der Waals surface area contributed by atoms with Gasteiger partial charge in [0.2, 0.25) is 5.88 Å². The van der Waals surface area contributed by atoms with Gasteiger partial charge < -0.3 is 14.2 Å². The summed E-state index contributed by atoms with van der Waals surface area (Å²) in [5, 5.41) is 10.3. The van der Waals surface area contributed by atoms with Gasteiger partial charge >= 0.3 is 17.8 Å². The molecule has 0 amide bonds. The van der Waals surface area contributed by atoms with E-state index in [0.717, 1.165) is 12.1 Å². The number of hydrogen-bond donors (Lipinski definition) is 0. The average molecular weight is 469 g/mol. The zero-order valence-electron chi connectivity index (χ0n) is 15.3. The van der Waals surface area contributed by atoms with Gasteiger partial charge in [-0.1, -0.05) is 23.2 Å². The van der Waals surface area contributed by atoms with Crippen molar-refractivity contribution < 1.29 is 37.1 Å². The molecule has 162 valence electrons. The lowest BCUT2D eigenvalue weighted by molar-refractivity contribution is -0.386. The fraction of sp³-hybridized carbons (Fsp3) is 0.294. The van der Waals surface area contributed by atoms with Gasteiger partial charge in [-0.25, -0.2) is 4.79 Å². The lowest BCUT2D eigenvalue weighted by Gasteiger charge is -2.15. The number of pyridine rings is 1. The average Bonchev–Trinajstić information content (AvgIpc) is 2.63. The molecule has 0 aliphatic rings. The second-order valence-electron chi connectivity index (χ2n) is 5.61. The molecule has 30 heavy (non-hydrogen) atoms. The Morgan fingerprint density at radius 3 is 2.37 bits per heavy atom. The van der Waals surface area contributed by atoms with E-state index in [4.69, 9.17) is 37.4 Å². The zero-order valence-corrected chi connectivity index (χ0v) is 16.8. The van der Waals surface area contributed by atoms with Crippen molar-refractivity contribution in [3.63, 3.8) is 0 Å². The molecule has 1 atom stereocenters. The molecule has 0 N–H and O–H groups in total. The Hall–Kier alpha value is -2.79. The molecular weight excluding hydrogens is 456 g/mol. The number of carbonyl (C=O) groups excluding carboxylic acids is 1. The third-order valence-electron chi connectivity index (χ3n) is 3.45. The number of rotatable bonds is 7. The molecule has 0 saturated carbocycles. The van der Waals surface area contributed by atoms with Gasteiger partial charge in [-0.05, 0) is 26.0 Å². The minimum Gasteiger partial charge on any atom is -0.463 e. The highest BCUT2D eigenvalue weighted by Crippen LogP contribution is 2.42. The number of hydrogen-bond acceptors (Lipinski definition) is 7. The Morgan fingerprint density at radius 1 is 1.27 bits per heavy atom. The first kappa shape index (κ1) is 23.5. The molecule has 0 fully saturated rings. The van der Waals surface area contributed by atoms with Gasteiger partial charge in [-0.3, -0.25) is 10.1 Å². The summed E-state index contributed by atoms with van der Waals surface area (Å²) in [5.41, 5.74) is -1.67. The number of alkyl halides is 3. The first-order chi connectivity index (χ1) is 13.9. The van der Waals surface area contributed by atoms with E-state index in [9.17, 15) is 28.1 Å². The van der Waals surface area contributed by atoms with E-state index in [-0.39, 0.29) is 18.2 Å². The quantitative estimate of drug-likeness (QED) is 0.303. The molecule has 1 heterocycles. The Morgan fingerprint density at radius 2 is 1.87 bits per heavy atom. The van der Waals surface area contributed by atoms with Crippen LogP contribution in [0.1, 0.15) is 19.4 Å². The first-order valence-corrected chi connectivity index (χ1v) is 8.92. The number of esters is 1. The van der Waals surface area contributed by atoms with Crippen LogP contribution in [0.15, 0.2) is 24.3 Å². The van der Waals surface area contributed by atoms with E-state index >= 15 is 0 Å². The highest BCUT2D eigenvalue weighted by Gasteiger charge is 2.32. The maximum atomic E-state index is 12.8. The monoisotopic (exact) mass is 468 g/mol. The molecule has 0 spiro atoms. The lowest BCUT2D eigenvalue weighted by atomic mass is 10.2. The third kappa shape index (κ3) is 5.63. The van der Waals surface area contributed by atoms with Crippen LogP contribution in [0.25, 0.3) is 0 Å². The second-order valence-corrected chi connectivity index (χ2v) is 6.43. The highest BCUT2D eigenvalue weighted by molar-refractivity contribution is 6.37. The molecule has 2 aromatic rings. The highest BCUT2D eigenvalue weighted by atomic mass is 35.5. The standard InChI is InChI=1S/C17H13Cl2F3N2O6/c1-3-28-16(25)8(2)29-15-12(24(26)27)4-5-13(23-15)30-14-10(18)6-9(7-11(14)19)17(20,21)22/h4-8H,3H2,1-2H3. The normalized spacial score (nSPS) is 12.2. The summed E-state index contributed by atoms with van der Waals surface area (Å²) >= 11 is 11.7. The lowest BCUT2D eigenvalue weighted by Crippen LogP contribution is -2.26. The minimum atomic E-state index is -4.68. The zero-order chi connectivity index (χ0) is 22.6. The number of carbonyl (C=O) groups is 1. The van der Waals surface area contributed by atoms with Crippen molar-refractivity contribution in [3.8, 4) is 17.5 Å². The Labute approximate surface area is 177 Å². The van der Waals surface area contributed by atoms with Gasteiger partial charge in [0.05, 0.1) is 27.1 Å². The summed E-state index contributed by atoms with van der Waals surface area (Å²) in [6.45, 7) is 2.92. The molecule has 2 rings (SSSR count). The van der Waals surface area contributed by atoms with Crippen LogP contribution in [0.3, 0.4) is 0 Å². The molecule has 1 aromatic carbocycles. The van der Waals surface area contributed by atoms with Gasteiger partial charge in [0.15, 0.2) is 11.9 Å². The third-order valence-corrected chi connectivity index (χ3v) is 4.01. The van der Waals surface area contributed by atoms with Crippen molar-refractivity contribution in [3.05, 3.63) is 50.0 Å². The van der Waals surface area contributed by atoms with Crippen LogP contribution >= 0.6 is 23.2 Å². The predicted molar refractivity (Wildman–Crippen MR) is 99.2 cm³/mol. The summed E-state index contributed by atoms with van der Waals surface area (Å²) in [4.78, 5) is 25.9. The van der Waals surface area contributed by atoms with E-state index in [1.54, 1.807) is 6.92 Å². The topological polar surface area (TPSA) is 101 Å². The fourth-order valence-corrected chi connectivity index (χ4v) is 2.66. The van der Waals surface area contributed by atoms with Gasteiger partial charge in [0, 0.05) is 12.1 Å². The van der Waals surface area contributed by atoms with E-state index in [0.29, 0.717) is 12.1 Å². The largest absolute Gasteiger partial charge is 0.463 e. The van der Waals surface area contributed by atoms with Crippen molar-refractivity contribution in [2.75, 3.05) is 6.61 Å². The van der Waals surface area contributed by atoms with Crippen LogP contribution in [0.5, 0.6) is 17.5 Å². The summed E-state index contributed by atoms with van der Waals surface area (Å²) in [6, 6.07) is 3.24. The molecule has 1 unspecified atom stereocenters. The van der Waals surface area contributed by atoms with E-state index in [1.807, 2.05) is 0 Å². The van der Waals surface area contributed by atoms with E-state index in [2.05, 4.69) is 4.98 Å². The van der Waals surface area contributed by atoms with Crippen LogP contribution in [0, 0.1) is 10.1 Å². The molecule has 13 heteroatoms. The fourth-order valence-electron chi connectivity index (χ4n) is 2.10. The minimum absolute atomic E-state index is 0.0656. The SMILES string of the molecule is CCOC(=O)C(C)Oc1nc(Oc2c(Cl)cc(C(F)(F)F)cc2Cl)ccc1[N+](=O)[O-]. The number of halogens is 5. The summed E-state index contributed by atoms with van der Waals surface area (Å²) in [7, 11) is 0. The number of benzene rings is 1. The Kier molecular flexibility index (Phi) is 7.32. The summed E-state index contributed by atoms with van der Waals surface area (Å²) in [6.07, 6.45) is -5.91. The van der Waals surface area contributed by atoms with Crippen molar-refractivity contribution in [1.29, 1.82) is 0 Å². The Bertz CT molecular complexity index is 948. The predicted octanol–water partition coefficient (Wildman–Crippen LogP) is 5.44. The van der Waals surface area contributed by atoms with Crippen LogP contribution in [-0.4, -0.2) is 28.6 Å². The maximum Gasteiger partial charge on any atom is 0.416 e. The number of ether oxygens (including phenoxy) is 3. The molecule has 0 aliphatic heterocycles. The van der Waals surface area contributed by atoms with Crippen LogP contribution < -0.4 is 9.47 Å². The smallest absolute Gasteiger partial charge is 0.416 e. The van der Waals surface area contributed by atoms with Gasteiger partial charge in [-0.15, -0.1) is 0 Å². The van der Waals surface area contributed by atoms with E-state index < -0.39 is 50.3 Å². The molecule has 8 nitrogen and oxygen atoms in total. The molecular formula is C17H13Cl2F3N2O6. The molecule has 0 saturated heterocycles. The van der Waals surface area contributed by atoms with E-state index in [1.165, 1.54) is 6.92 Å². The van der Waals surface area contributed by atoms with Crippen LogP contribution in [0.4, 0.5) is 18.9 Å². The van der Waals surface area contributed by atoms with Crippen LogP contribution in [0.2, 0.25) is 10.0 Å². The second kappa shape index (κ2) is 9.35. The van der Waals surface area contributed by atoms with Crippen molar-refractivity contribution in [1.82, 2.24) is 4.98 Å². The number of nitrogens with zero attached hydrogens (tertiary/aromatic N) is 2. The Balaban J connectivity index is 2.38. The molecule has 0 aliphatic carbocycles. The van der Waals surface area contributed by atoms with Crippen molar-refractivity contribution >= 4 is 34.9 Å². The summed E-state index contributed by atoms with van der Waals surface area (Å²) < 4.78 is 53.8. The number of aromatic nitrogens is 1. The molecule has 0 radical (unpaired) electrons. The number of nitro groups is 1. The van der Waals surface area contributed by atoms with Gasteiger partial charge in [0.1, 0.15) is 0 Å². The first-order valence-electron chi connectivity index (χ1n) is 8.16. The van der Waals surface area contributed by atoms with Crippen LogP contribution in [-0.2, 0) is 15.7 Å². The van der Waals surface area contributed by atoms with Gasteiger partial charge in [-0.2, -0.15) is 18.2 Å². The van der Waals surface area contributed by atoms with Crippen molar-refractivity contribution in [2.24, 2.45) is 0 Å². The van der Waals surface area contributed by atoms with Crippen molar-refractivity contribution in [2.45, 2.75) is 26.1 Å².